The third-order valence-electron chi connectivity index (χ3n) is 3.98. The molecule has 2 heterocycles. The van der Waals surface area contributed by atoms with Crippen LogP contribution in [-0.4, -0.2) is 28.4 Å². The zero-order chi connectivity index (χ0) is 19.9. The van der Waals surface area contributed by atoms with Gasteiger partial charge in [-0.25, -0.2) is 5.48 Å². The van der Waals surface area contributed by atoms with Crippen LogP contribution in [0.2, 0.25) is 0 Å². The van der Waals surface area contributed by atoms with Gasteiger partial charge in [-0.2, -0.15) is 0 Å². The average molecular weight is 384 g/mol. The molecule has 0 fully saturated rings. The van der Waals surface area contributed by atoms with Gasteiger partial charge in [0.1, 0.15) is 6.61 Å². The zero-order valence-electron chi connectivity index (χ0n) is 16.0. The van der Waals surface area contributed by atoms with E-state index >= 15 is 0 Å². The molecule has 8 nitrogen and oxygen atoms in total. The highest BCUT2D eigenvalue weighted by Gasteiger charge is 2.02. The summed E-state index contributed by atoms with van der Waals surface area (Å²) < 4.78 is 0. The molecule has 0 bridgehead atoms. The Morgan fingerprint density at radius 2 is 1.79 bits per heavy atom. The molecular formula is C20H28N6O2. The van der Waals surface area contributed by atoms with Crippen molar-refractivity contribution in [3.05, 3.63) is 54.6 Å². The Bertz CT molecular complexity index is 696. The van der Waals surface area contributed by atoms with Crippen LogP contribution >= 0.6 is 0 Å². The first kappa shape index (κ1) is 21.3. The quantitative estimate of drug-likeness (QED) is 0.194. The van der Waals surface area contributed by atoms with Crippen LogP contribution in [0.3, 0.4) is 0 Å². The van der Waals surface area contributed by atoms with Gasteiger partial charge in [0.2, 0.25) is 5.91 Å². The van der Waals surface area contributed by atoms with Gasteiger partial charge in [0.15, 0.2) is 5.96 Å². The normalized spacial score (nSPS) is 10.3. The van der Waals surface area contributed by atoms with E-state index in [0.717, 1.165) is 49.9 Å². The second-order valence-electron chi connectivity index (χ2n) is 6.36. The smallest absolute Gasteiger partial charge is 0.243 e. The summed E-state index contributed by atoms with van der Waals surface area (Å²) in [7, 11) is 0. The molecule has 0 aliphatic heterocycles. The predicted molar refractivity (Wildman–Crippen MR) is 108 cm³/mol. The van der Waals surface area contributed by atoms with Crippen molar-refractivity contribution in [1.82, 2.24) is 20.8 Å². The van der Waals surface area contributed by atoms with Crippen LogP contribution in [0.4, 0.5) is 5.69 Å². The molecule has 28 heavy (non-hydrogen) atoms. The number of carbonyl (C=O) groups is 1. The summed E-state index contributed by atoms with van der Waals surface area (Å²) in [6.45, 7) is 1.07. The van der Waals surface area contributed by atoms with Crippen LogP contribution < -0.4 is 16.1 Å². The van der Waals surface area contributed by atoms with Gasteiger partial charge in [-0.15, -0.1) is 0 Å². The van der Waals surface area contributed by atoms with Gasteiger partial charge in [-0.1, -0.05) is 25.3 Å². The van der Waals surface area contributed by atoms with Crippen LogP contribution in [0.1, 0.15) is 44.1 Å². The van der Waals surface area contributed by atoms with Gasteiger partial charge in [-0.3, -0.25) is 25.0 Å². The largest absolute Gasteiger partial charge is 0.356 e. The Kier molecular flexibility index (Phi) is 10.1. The molecule has 2 aromatic rings. The number of amides is 1. The number of hydrogen-bond donors (Lipinski definition) is 4. The van der Waals surface area contributed by atoms with Gasteiger partial charge >= 0.3 is 0 Å². The summed E-state index contributed by atoms with van der Waals surface area (Å²) in [6, 6.07) is 7.35. The van der Waals surface area contributed by atoms with Crippen molar-refractivity contribution < 1.29 is 9.63 Å². The van der Waals surface area contributed by atoms with Crippen molar-refractivity contribution in [3.63, 3.8) is 0 Å². The lowest BCUT2D eigenvalue weighted by atomic mass is 10.1. The summed E-state index contributed by atoms with van der Waals surface area (Å²) in [6.07, 6.45) is 12.2. The van der Waals surface area contributed by atoms with Crippen LogP contribution in [0, 0.1) is 5.41 Å². The second-order valence-corrected chi connectivity index (χ2v) is 6.36. The molecule has 4 N–H and O–H groups in total. The molecule has 0 saturated carbocycles. The fourth-order valence-corrected chi connectivity index (χ4v) is 2.51. The molecule has 0 unspecified atom stereocenters. The number of nitrogens with one attached hydrogen (secondary N) is 4. The number of anilines is 1. The first-order valence-electron chi connectivity index (χ1n) is 9.53. The van der Waals surface area contributed by atoms with E-state index < -0.39 is 0 Å². The number of hydrogen-bond acceptors (Lipinski definition) is 5. The fraction of sp³-hybridized carbons (Fsp3) is 0.400. The Hall–Kier alpha value is -3.00. The SMILES string of the molecule is N=C(NCCCCCCCC(=O)NOCc1cccnc1)Nc1ccncc1. The first-order chi connectivity index (χ1) is 13.7. The molecule has 8 heteroatoms. The number of unbranched alkanes of at least 4 members (excludes halogenated alkanes) is 4. The van der Waals surface area contributed by atoms with Crippen molar-refractivity contribution in [3.8, 4) is 0 Å². The molecule has 0 aliphatic carbocycles. The minimum absolute atomic E-state index is 0.0961. The molecule has 2 aromatic heterocycles. The highest BCUT2D eigenvalue weighted by Crippen LogP contribution is 2.06. The molecule has 0 atom stereocenters. The third kappa shape index (κ3) is 9.63. The minimum Gasteiger partial charge on any atom is -0.356 e. The van der Waals surface area contributed by atoms with E-state index in [1.807, 2.05) is 24.3 Å². The van der Waals surface area contributed by atoms with E-state index in [1.54, 1.807) is 24.8 Å². The van der Waals surface area contributed by atoms with E-state index in [2.05, 4.69) is 26.1 Å². The molecule has 0 radical (unpaired) electrons. The third-order valence-corrected chi connectivity index (χ3v) is 3.98. The van der Waals surface area contributed by atoms with Gasteiger partial charge in [0, 0.05) is 43.4 Å². The van der Waals surface area contributed by atoms with Gasteiger partial charge in [-0.05, 0) is 36.6 Å². The number of rotatable bonds is 12. The Morgan fingerprint density at radius 1 is 1.00 bits per heavy atom. The number of carbonyl (C=O) groups excluding carboxylic acids is 1. The molecule has 0 spiro atoms. The minimum atomic E-state index is -0.0961. The molecule has 150 valence electrons. The number of pyridine rings is 2. The monoisotopic (exact) mass is 384 g/mol. The van der Waals surface area contributed by atoms with E-state index in [9.17, 15) is 4.79 Å². The fourth-order valence-electron chi connectivity index (χ4n) is 2.51. The van der Waals surface area contributed by atoms with Crippen molar-refractivity contribution in [2.75, 3.05) is 11.9 Å². The van der Waals surface area contributed by atoms with Gasteiger partial charge < -0.3 is 10.6 Å². The van der Waals surface area contributed by atoms with Crippen molar-refractivity contribution in [2.24, 2.45) is 0 Å². The average Bonchev–Trinajstić information content (AvgIpc) is 2.71. The summed E-state index contributed by atoms with van der Waals surface area (Å²) in [5.74, 6) is 0.190. The molecule has 2 rings (SSSR count). The van der Waals surface area contributed by atoms with E-state index in [1.165, 1.54) is 0 Å². The van der Waals surface area contributed by atoms with E-state index in [-0.39, 0.29) is 11.9 Å². The Labute approximate surface area is 165 Å². The molecule has 0 saturated heterocycles. The van der Waals surface area contributed by atoms with Crippen LogP contribution in [0.15, 0.2) is 49.1 Å². The molecule has 1 amide bonds. The van der Waals surface area contributed by atoms with Crippen molar-refractivity contribution in [1.29, 1.82) is 5.41 Å². The maximum Gasteiger partial charge on any atom is 0.243 e. The standard InChI is InChI=1S/C20H28N6O2/c21-20(25-18-9-13-22-14-10-18)24-12-5-3-1-2-4-8-19(27)26-28-16-17-7-6-11-23-15-17/h6-7,9-11,13-15H,1-5,8,12,16H2,(H,26,27)(H3,21,22,24,25). The van der Waals surface area contributed by atoms with Crippen molar-refractivity contribution in [2.45, 2.75) is 45.1 Å². The summed E-state index contributed by atoms with van der Waals surface area (Å²) in [5, 5.41) is 13.8. The predicted octanol–water partition coefficient (Wildman–Crippen LogP) is 3.00. The number of guanidine groups is 1. The maximum atomic E-state index is 11.7. The molecular weight excluding hydrogens is 356 g/mol. The van der Waals surface area contributed by atoms with Crippen LogP contribution in [-0.2, 0) is 16.2 Å². The lowest BCUT2D eigenvalue weighted by molar-refractivity contribution is -0.134. The lowest BCUT2D eigenvalue weighted by Gasteiger charge is -2.10. The summed E-state index contributed by atoms with van der Waals surface area (Å²) in [5.41, 5.74) is 4.22. The van der Waals surface area contributed by atoms with Gasteiger partial charge in [0.05, 0.1) is 0 Å². The highest BCUT2D eigenvalue weighted by molar-refractivity contribution is 5.90. The Morgan fingerprint density at radius 3 is 2.57 bits per heavy atom. The van der Waals surface area contributed by atoms with Crippen LogP contribution in [0.5, 0.6) is 0 Å². The number of aromatic nitrogens is 2. The second kappa shape index (κ2) is 13.2. The maximum absolute atomic E-state index is 11.7. The lowest BCUT2D eigenvalue weighted by Crippen LogP contribution is -2.30. The molecule has 0 aliphatic rings. The molecule has 0 aromatic carbocycles. The Balaban J connectivity index is 1.39. The topological polar surface area (TPSA) is 112 Å². The first-order valence-corrected chi connectivity index (χ1v) is 9.53. The number of hydroxylamine groups is 1. The zero-order valence-corrected chi connectivity index (χ0v) is 16.0. The van der Waals surface area contributed by atoms with Crippen LogP contribution in [0.25, 0.3) is 0 Å². The van der Waals surface area contributed by atoms with Crippen molar-refractivity contribution >= 4 is 17.6 Å². The highest BCUT2D eigenvalue weighted by atomic mass is 16.6. The summed E-state index contributed by atoms with van der Waals surface area (Å²) in [4.78, 5) is 24.8. The number of nitrogens with zero attached hydrogens (tertiary/aromatic N) is 2. The summed E-state index contributed by atoms with van der Waals surface area (Å²) >= 11 is 0. The van der Waals surface area contributed by atoms with E-state index in [0.29, 0.717) is 13.0 Å². The van der Waals surface area contributed by atoms with E-state index in [4.69, 9.17) is 10.2 Å². The van der Waals surface area contributed by atoms with Gasteiger partial charge in [0.25, 0.3) is 0 Å².